The fourth-order valence-corrected chi connectivity index (χ4v) is 4.63. The average molecular weight is 272 g/mol. The van der Waals surface area contributed by atoms with Crippen LogP contribution in [-0.2, 0) is 13.1 Å². The number of nitrogens with zero attached hydrogens (tertiary/aromatic N) is 1. The molecule has 2 heteroatoms. The molecule has 2 unspecified atom stereocenters. The third-order valence-electron chi connectivity index (χ3n) is 5.69. The zero-order chi connectivity index (χ0) is 14.2. The van der Waals surface area contributed by atoms with Gasteiger partial charge >= 0.3 is 0 Å². The number of nitrogens with two attached hydrogens (primary N) is 1. The first kappa shape index (κ1) is 14.1. The molecule has 1 aromatic carbocycles. The molecule has 1 aliphatic carbocycles. The van der Waals surface area contributed by atoms with E-state index in [9.17, 15) is 0 Å². The van der Waals surface area contributed by atoms with Gasteiger partial charge in [-0.25, -0.2) is 0 Å². The molecule has 0 spiro atoms. The third-order valence-corrected chi connectivity index (χ3v) is 5.69. The second kappa shape index (κ2) is 5.50. The van der Waals surface area contributed by atoms with Gasteiger partial charge < -0.3 is 5.73 Å². The predicted molar refractivity (Wildman–Crippen MR) is 84.3 cm³/mol. The van der Waals surface area contributed by atoms with Crippen LogP contribution in [0.25, 0.3) is 0 Å². The molecule has 1 aliphatic heterocycles. The molecule has 1 aromatic rings. The van der Waals surface area contributed by atoms with Crippen LogP contribution >= 0.6 is 0 Å². The van der Waals surface area contributed by atoms with Gasteiger partial charge in [-0.3, -0.25) is 4.90 Å². The Kier molecular flexibility index (Phi) is 3.87. The summed E-state index contributed by atoms with van der Waals surface area (Å²) in [5, 5.41) is 0. The maximum Gasteiger partial charge on any atom is 0.0369 e. The Balaban J connectivity index is 1.89. The van der Waals surface area contributed by atoms with Crippen molar-refractivity contribution < 1.29 is 0 Å². The zero-order valence-corrected chi connectivity index (χ0v) is 12.9. The molecule has 0 bridgehead atoms. The summed E-state index contributed by atoms with van der Waals surface area (Å²) in [6, 6.07) is 8.90. The Morgan fingerprint density at radius 3 is 2.40 bits per heavy atom. The van der Waals surface area contributed by atoms with Crippen LogP contribution < -0.4 is 5.73 Å². The van der Waals surface area contributed by atoms with Crippen LogP contribution in [0.4, 0.5) is 0 Å². The van der Waals surface area contributed by atoms with Crippen molar-refractivity contribution in [3.63, 3.8) is 0 Å². The number of fused-ring (bicyclic) bond motifs is 1. The van der Waals surface area contributed by atoms with E-state index in [1.54, 1.807) is 0 Å². The van der Waals surface area contributed by atoms with E-state index in [4.69, 9.17) is 5.73 Å². The lowest BCUT2D eigenvalue weighted by Gasteiger charge is -2.51. The summed E-state index contributed by atoms with van der Waals surface area (Å²) in [5.74, 6) is 1.47. The first-order chi connectivity index (χ1) is 9.67. The Hall–Kier alpha value is -0.860. The van der Waals surface area contributed by atoms with Crippen molar-refractivity contribution in [3.05, 3.63) is 35.4 Å². The largest absolute Gasteiger partial charge is 0.329 e. The lowest BCUT2D eigenvalue weighted by Crippen LogP contribution is -2.59. The Bertz CT molecular complexity index is 443. The first-order valence-electron chi connectivity index (χ1n) is 8.19. The average Bonchev–Trinajstić information content (AvgIpc) is 2.91. The smallest absolute Gasteiger partial charge is 0.0369 e. The highest BCUT2D eigenvalue weighted by Crippen LogP contribution is 2.45. The molecular formula is C18H28N2. The molecule has 0 aromatic heterocycles. The lowest BCUT2D eigenvalue weighted by molar-refractivity contribution is -0.0174. The van der Waals surface area contributed by atoms with E-state index in [0.29, 0.717) is 0 Å². The summed E-state index contributed by atoms with van der Waals surface area (Å²) >= 11 is 0. The zero-order valence-electron chi connectivity index (χ0n) is 12.9. The van der Waals surface area contributed by atoms with Crippen LogP contribution in [0.15, 0.2) is 24.3 Å². The molecule has 2 aliphatic rings. The van der Waals surface area contributed by atoms with Crippen molar-refractivity contribution in [1.29, 1.82) is 0 Å². The van der Waals surface area contributed by atoms with Crippen LogP contribution in [0.2, 0.25) is 0 Å². The molecule has 2 atom stereocenters. The standard InChI is InChI=1S/C18H28N2/c1-14(2)17-9-5-6-10-18(17,13-19)20-11-15-7-3-4-8-16(15)12-20/h3-4,7-8,14,17H,5-6,9-13,19H2,1-2H3. The van der Waals surface area contributed by atoms with Crippen molar-refractivity contribution in [2.24, 2.45) is 17.6 Å². The Morgan fingerprint density at radius 2 is 1.85 bits per heavy atom. The predicted octanol–water partition coefficient (Wildman–Crippen LogP) is 3.55. The second-order valence-electron chi connectivity index (χ2n) is 7.03. The van der Waals surface area contributed by atoms with Crippen LogP contribution in [0.1, 0.15) is 50.7 Å². The molecule has 3 rings (SSSR count). The highest BCUT2D eigenvalue weighted by atomic mass is 15.2. The van der Waals surface area contributed by atoms with Gasteiger partial charge in [-0.1, -0.05) is 51.0 Å². The van der Waals surface area contributed by atoms with Gasteiger partial charge in [0.05, 0.1) is 0 Å². The van der Waals surface area contributed by atoms with Gasteiger partial charge in [0.2, 0.25) is 0 Å². The normalized spacial score (nSPS) is 30.7. The van der Waals surface area contributed by atoms with Crippen LogP contribution in [0, 0.1) is 11.8 Å². The molecule has 2 N–H and O–H groups in total. The molecule has 110 valence electrons. The van der Waals surface area contributed by atoms with E-state index in [2.05, 4.69) is 43.0 Å². The van der Waals surface area contributed by atoms with Crippen molar-refractivity contribution in [1.82, 2.24) is 4.90 Å². The van der Waals surface area contributed by atoms with Crippen molar-refractivity contribution in [2.45, 2.75) is 58.2 Å². The van der Waals surface area contributed by atoms with Gasteiger partial charge in [-0.15, -0.1) is 0 Å². The van der Waals surface area contributed by atoms with Gasteiger partial charge in [-0.2, -0.15) is 0 Å². The molecule has 0 saturated heterocycles. The maximum atomic E-state index is 6.34. The fourth-order valence-electron chi connectivity index (χ4n) is 4.63. The van der Waals surface area contributed by atoms with E-state index in [-0.39, 0.29) is 5.54 Å². The Morgan fingerprint density at radius 1 is 1.20 bits per heavy atom. The van der Waals surface area contributed by atoms with E-state index in [1.807, 2.05) is 0 Å². The van der Waals surface area contributed by atoms with E-state index >= 15 is 0 Å². The summed E-state index contributed by atoms with van der Waals surface area (Å²) in [6.45, 7) is 7.75. The molecule has 0 radical (unpaired) electrons. The minimum Gasteiger partial charge on any atom is -0.329 e. The van der Waals surface area contributed by atoms with Gasteiger partial charge in [0.25, 0.3) is 0 Å². The molecule has 20 heavy (non-hydrogen) atoms. The number of hydrogen-bond acceptors (Lipinski definition) is 2. The Labute approximate surface area is 123 Å². The van der Waals surface area contributed by atoms with Crippen molar-refractivity contribution in [2.75, 3.05) is 6.54 Å². The SMILES string of the molecule is CC(C)C1CCCCC1(CN)N1Cc2ccccc2C1. The summed E-state index contributed by atoms with van der Waals surface area (Å²) in [6.07, 6.45) is 5.35. The maximum absolute atomic E-state index is 6.34. The molecule has 1 fully saturated rings. The van der Waals surface area contributed by atoms with E-state index < -0.39 is 0 Å². The summed E-state index contributed by atoms with van der Waals surface area (Å²) in [4.78, 5) is 2.70. The van der Waals surface area contributed by atoms with Crippen LogP contribution in [0.3, 0.4) is 0 Å². The van der Waals surface area contributed by atoms with Crippen LogP contribution in [0.5, 0.6) is 0 Å². The first-order valence-corrected chi connectivity index (χ1v) is 8.19. The molecular weight excluding hydrogens is 244 g/mol. The number of benzene rings is 1. The highest BCUT2D eigenvalue weighted by molar-refractivity contribution is 5.31. The molecule has 2 nitrogen and oxygen atoms in total. The van der Waals surface area contributed by atoms with Crippen LogP contribution in [-0.4, -0.2) is 17.0 Å². The minimum atomic E-state index is 0.228. The van der Waals surface area contributed by atoms with E-state index in [1.165, 1.54) is 36.8 Å². The summed E-state index contributed by atoms with van der Waals surface area (Å²) < 4.78 is 0. The van der Waals surface area contributed by atoms with Crippen molar-refractivity contribution in [3.8, 4) is 0 Å². The molecule has 1 saturated carbocycles. The number of hydrogen-bond donors (Lipinski definition) is 1. The van der Waals surface area contributed by atoms with Gasteiger partial charge in [0, 0.05) is 25.2 Å². The van der Waals surface area contributed by atoms with E-state index in [0.717, 1.165) is 31.5 Å². The van der Waals surface area contributed by atoms with Gasteiger partial charge in [-0.05, 0) is 35.8 Å². The quantitative estimate of drug-likeness (QED) is 0.912. The van der Waals surface area contributed by atoms with Crippen molar-refractivity contribution >= 4 is 0 Å². The highest BCUT2D eigenvalue weighted by Gasteiger charge is 2.46. The monoisotopic (exact) mass is 272 g/mol. The summed E-state index contributed by atoms with van der Waals surface area (Å²) in [5.41, 5.74) is 9.58. The van der Waals surface area contributed by atoms with Gasteiger partial charge in [0.15, 0.2) is 0 Å². The van der Waals surface area contributed by atoms with Gasteiger partial charge in [0.1, 0.15) is 0 Å². The summed E-state index contributed by atoms with van der Waals surface area (Å²) in [7, 11) is 0. The third kappa shape index (κ3) is 2.19. The molecule has 0 amide bonds. The topological polar surface area (TPSA) is 29.3 Å². The second-order valence-corrected chi connectivity index (χ2v) is 7.03. The fraction of sp³-hybridized carbons (Fsp3) is 0.667. The lowest BCUT2D eigenvalue weighted by atomic mass is 9.67. The number of rotatable bonds is 3. The molecule has 1 heterocycles. The minimum absolute atomic E-state index is 0.228.